The first-order valence-corrected chi connectivity index (χ1v) is 10.8. The van der Waals surface area contributed by atoms with Crippen molar-refractivity contribution >= 4 is 24.2 Å². The van der Waals surface area contributed by atoms with Crippen LogP contribution in [0.1, 0.15) is 29.8 Å². The second kappa shape index (κ2) is 10.4. The van der Waals surface area contributed by atoms with E-state index >= 15 is 0 Å². The maximum absolute atomic E-state index is 13.8. The van der Waals surface area contributed by atoms with E-state index in [9.17, 15) is 9.18 Å². The van der Waals surface area contributed by atoms with Crippen LogP contribution in [0.25, 0.3) is 5.70 Å². The molecule has 1 amide bonds. The molecule has 1 aromatic rings. The fourth-order valence-corrected chi connectivity index (χ4v) is 3.87. The van der Waals surface area contributed by atoms with Crippen LogP contribution in [0.2, 0.25) is 0 Å². The van der Waals surface area contributed by atoms with E-state index < -0.39 is 6.17 Å². The van der Waals surface area contributed by atoms with Gasteiger partial charge in [0, 0.05) is 48.9 Å². The zero-order valence-electron chi connectivity index (χ0n) is 19.3. The number of carbonyl (C=O) groups is 1. The van der Waals surface area contributed by atoms with Crippen molar-refractivity contribution in [3.05, 3.63) is 65.3 Å². The van der Waals surface area contributed by atoms with Crippen LogP contribution in [0.15, 0.2) is 64.1 Å². The summed E-state index contributed by atoms with van der Waals surface area (Å²) < 4.78 is 19.8. The van der Waals surface area contributed by atoms with Crippen molar-refractivity contribution in [2.45, 2.75) is 26.1 Å². The van der Waals surface area contributed by atoms with Crippen LogP contribution in [0.4, 0.5) is 4.39 Å². The molecule has 2 heterocycles. The Kier molecular flexibility index (Phi) is 7.65. The quantitative estimate of drug-likeness (QED) is 0.618. The number of benzene rings is 1. The molecule has 1 aromatic carbocycles. The minimum atomic E-state index is -1.12. The molecule has 3 N–H and O–H groups in total. The molecule has 33 heavy (non-hydrogen) atoms. The average molecular weight is 455 g/mol. The number of rotatable bonds is 7. The van der Waals surface area contributed by atoms with Crippen LogP contribution in [-0.4, -0.2) is 73.8 Å². The van der Waals surface area contributed by atoms with E-state index in [0.29, 0.717) is 54.7 Å². The first-order valence-electron chi connectivity index (χ1n) is 10.8. The molecule has 0 radical (unpaired) electrons. The Labute approximate surface area is 194 Å². The molecule has 1 fully saturated rings. The highest BCUT2D eigenvalue weighted by Gasteiger charge is 2.30. The molecule has 176 valence electrons. The van der Waals surface area contributed by atoms with Gasteiger partial charge in [0.25, 0.3) is 5.91 Å². The number of alkyl halides is 1. The van der Waals surface area contributed by atoms with Crippen molar-refractivity contribution < 1.29 is 13.9 Å². The largest absolute Gasteiger partial charge is 0.382 e. The van der Waals surface area contributed by atoms with Gasteiger partial charge in [-0.3, -0.25) is 9.79 Å². The molecule has 0 aromatic heterocycles. The van der Waals surface area contributed by atoms with Crippen molar-refractivity contribution in [1.29, 1.82) is 0 Å². The van der Waals surface area contributed by atoms with Crippen molar-refractivity contribution in [2.75, 3.05) is 33.3 Å². The maximum atomic E-state index is 13.8. The van der Waals surface area contributed by atoms with Crippen LogP contribution in [0.3, 0.4) is 0 Å². The van der Waals surface area contributed by atoms with Gasteiger partial charge in [0.2, 0.25) is 0 Å². The van der Waals surface area contributed by atoms with Gasteiger partial charge in [0.15, 0.2) is 0 Å². The van der Waals surface area contributed by atoms with Gasteiger partial charge in [-0.2, -0.15) is 0 Å². The number of nitrogens with one attached hydrogen (secondary N) is 1. The number of hydrogen-bond acceptors (Lipinski definition) is 7. The molecular weight excluding hydrogens is 423 g/mol. The van der Waals surface area contributed by atoms with E-state index in [1.807, 2.05) is 16.7 Å². The number of nitrogens with two attached hydrogens (primary N) is 1. The van der Waals surface area contributed by atoms with Gasteiger partial charge in [0.05, 0.1) is 25.0 Å². The maximum Gasteiger partial charge on any atom is 0.251 e. The number of ether oxygens (including phenoxy) is 1. The van der Waals surface area contributed by atoms with E-state index in [1.54, 1.807) is 37.5 Å². The molecule has 2 aliphatic heterocycles. The number of carbonyl (C=O) groups excluding carboxylic acids is 1. The van der Waals surface area contributed by atoms with Crippen LogP contribution in [-0.2, 0) is 4.74 Å². The third-order valence-electron chi connectivity index (χ3n) is 5.75. The molecule has 1 unspecified atom stereocenters. The Bertz CT molecular complexity index is 1010. The zero-order valence-corrected chi connectivity index (χ0v) is 19.3. The number of hydrogen-bond donors (Lipinski definition) is 2. The first-order chi connectivity index (χ1) is 15.8. The third-order valence-corrected chi connectivity index (χ3v) is 5.75. The number of halogens is 1. The van der Waals surface area contributed by atoms with Crippen molar-refractivity contribution in [3.8, 4) is 0 Å². The Morgan fingerprint density at radius 2 is 2.06 bits per heavy atom. The fourth-order valence-electron chi connectivity index (χ4n) is 3.87. The summed E-state index contributed by atoms with van der Waals surface area (Å²) in [5.41, 5.74) is 10.1. The van der Waals surface area contributed by atoms with Gasteiger partial charge in [-0.1, -0.05) is 18.7 Å². The second-order valence-corrected chi connectivity index (χ2v) is 7.95. The minimum absolute atomic E-state index is 0.176. The SMILES string of the molecule is C=N/C(=C1/C(N)=NC=C(C)N1C[C@H]1CN(C(=C)C(C)F)CCO1)c1ccc(C(=O)NC)cc1. The summed E-state index contributed by atoms with van der Waals surface area (Å²) >= 11 is 0. The summed E-state index contributed by atoms with van der Waals surface area (Å²) in [4.78, 5) is 24.4. The summed E-state index contributed by atoms with van der Waals surface area (Å²) in [6.45, 7) is 13.1. The molecule has 2 atom stereocenters. The van der Waals surface area contributed by atoms with Crippen molar-refractivity contribution in [3.63, 3.8) is 0 Å². The standard InChI is InChI=1S/C24H31FN6O2/c1-15-12-29-23(26)22(21(27-4)18-6-8-19(9-7-18)24(32)28-5)31(15)14-20-13-30(10-11-33-20)17(3)16(2)25/h6-9,12,16,20H,3-4,10-11,13-14H2,1-2,5H3,(H2,26,29)(H,28,32)/b22-21-/t16?,20-/m1/s1. The van der Waals surface area contributed by atoms with Gasteiger partial charge in [-0.05, 0) is 32.7 Å². The summed E-state index contributed by atoms with van der Waals surface area (Å²) in [5, 5.41) is 2.60. The number of amidine groups is 1. The topological polar surface area (TPSA) is 95.6 Å². The molecular formula is C24H31FN6O2. The minimum Gasteiger partial charge on any atom is -0.382 e. The summed E-state index contributed by atoms with van der Waals surface area (Å²) in [7, 11) is 1.58. The Morgan fingerprint density at radius 3 is 2.67 bits per heavy atom. The molecule has 3 rings (SSSR count). The lowest BCUT2D eigenvalue weighted by Gasteiger charge is -2.40. The smallest absolute Gasteiger partial charge is 0.251 e. The lowest BCUT2D eigenvalue weighted by Crippen LogP contribution is -2.48. The Balaban J connectivity index is 1.93. The average Bonchev–Trinajstić information content (AvgIpc) is 2.83. The van der Waals surface area contributed by atoms with Crippen LogP contribution in [0.5, 0.6) is 0 Å². The number of amides is 1. The van der Waals surface area contributed by atoms with Crippen LogP contribution >= 0.6 is 0 Å². The molecule has 0 aliphatic carbocycles. The summed E-state index contributed by atoms with van der Waals surface area (Å²) in [6.07, 6.45) is 0.366. The number of allylic oxidation sites excluding steroid dienone is 2. The number of aliphatic imine (C=N–C) groups is 2. The molecule has 0 saturated carbocycles. The van der Waals surface area contributed by atoms with E-state index in [4.69, 9.17) is 10.5 Å². The van der Waals surface area contributed by atoms with Gasteiger partial charge >= 0.3 is 0 Å². The number of morpholine rings is 1. The molecule has 2 aliphatic rings. The summed E-state index contributed by atoms with van der Waals surface area (Å²) in [5.74, 6) is 0.123. The lowest BCUT2D eigenvalue weighted by molar-refractivity contribution is -0.0285. The molecule has 0 spiro atoms. The van der Waals surface area contributed by atoms with E-state index in [1.165, 1.54) is 6.92 Å². The molecule has 9 heteroatoms. The molecule has 1 saturated heterocycles. The van der Waals surface area contributed by atoms with E-state index in [2.05, 4.69) is 28.6 Å². The number of nitrogens with zero attached hydrogens (tertiary/aromatic N) is 4. The normalized spacial score (nSPS) is 21.0. The third kappa shape index (κ3) is 5.31. The monoisotopic (exact) mass is 454 g/mol. The highest BCUT2D eigenvalue weighted by molar-refractivity contribution is 6.05. The highest BCUT2D eigenvalue weighted by atomic mass is 19.1. The Hall–Kier alpha value is -3.46. The van der Waals surface area contributed by atoms with E-state index in [0.717, 1.165) is 11.3 Å². The van der Waals surface area contributed by atoms with Crippen LogP contribution in [0, 0.1) is 0 Å². The van der Waals surface area contributed by atoms with Crippen molar-refractivity contribution in [2.24, 2.45) is 15.7 Å². The zero-order chi connectivity index (χ0) is 24.1. The molecule has 8 nitrogen and oxygen atoms in total. The van der Waals surface area contributed by atoms with E-state index in [-0.39, 0.29) is 12.0 Å². The Morgan fingerprint density at radius 1 is 1.39 bits per heavy atom. The van der Waals surface area contributed by atoms with Crippen LogP contribution < -0.4 is 11.1 Å². The first kappa shape index (κ1) is 24.2. The predicted octanol–water partition coefficient (Wildman–Crippen LogP) is 2.52. The lowest BCUT2D eigenvalue weighted by atomic mass is 10.0. The van der Waals surface area contributed by atoms with Gasteiger partial charge in [-0.25, -0.2) is 9.38 Å². The van der Waals surface area contributed by atoms with Gasteiger partial charge in [-0.15, -0.1) is 0 Å². The second-order valence-electron chi connectivity index (χ2n) is 7.95. The summed E-state index contributed by atoms with van der Waals surface area (Å²) in [6, 6.07) is 7.03. The molecule has 0 bridgehead atoms. The highest BCUT2D eigenvalue weighted by Crippen LogP contribution is 2.29. The fraction of sp³-hybridized carbons (Fsp3) is 0.375. The van der Waals surface area contributed by atoms with Gasteiger partial charge < -0.3 is 25.6 Å². The van der Waals surface area contributed by atoms with Gasteiger partial charge in [0.1, 0.15) is 17.7 Å². The van der Waals surface area contributed by atoms with Crippen molar-refractivity contribution in [1.82, 2.24) is 15.1 Å². The predicted molar refractivity (Wildman–Crippen MR) is 129 cm³/mol.